The van der Waals surface area contributed by atoms with Crippen LogP contribution in [-0.4, -0.2) is 20.6 Å². The molecule has 0 radical (unpaired) electrons. The summed E-state index contributed by atoms with van der Waals surface area (Å²) in [7, 11) is -3.26. The predicted octanol–water partition coefficient (Wildman–Crippen LogP) is 3.80. The van der Waals surface area contributed by atoms with Gasteiger partial charge in [0.05, 0.1) is 4.90 Å². The molecule has 3 aromatic carbocycles. The number of carbonyl (C=O) groups excluding carboxylic acids is 1. The zero-order valence-electron chi connectivity index (χ0n) is 13.4. The average Bonchev–Trinajstić information content (AvgIpc) is 2.55. The Balaban J connectivity index is 1.95. The highest BCUT2D eigenvalue weighted by Gasteiger charge is 2.13. The third-order valence-electron chi connectivity index (χ3n) is 3.91. The van der Waals surface area contributed by atoms with Gasteiger partial charge in [-0.1, -0.05) is 36.4 Å². The molecule has 1 N–H and O–H groups in total. The quantitative estimate of drug-likeness (QED) is 0.789. The van der Waals surface area contributed by atoms with Crippen LogP contribution in [0.2, 0.25) is 0 Å². The fourth-order valence-electron chi connectivity index (χ4n) is 2.62. The second-order valence-electron chi connectivity index (χ2n) is 5.73. The molecule has 0 heterocycles. The Kier molecular flexibility index (Phi) is 4.11. The summed E-state index contributed by atoms with van der Waals surface area (Å²) in [5.41, 5.74) is 1.88. The van der Waals surface area contributed by atoms with E-state index < -0.39 is 9.84 Å². The van der Waals surface area contributed by atoms with Crippen LogP contribution >= 0.6 is 0 Å². The molecule has 5 heteroatoms. The maximum absolute atomic E-state index is 12.6. The van der Waals surface area contributed by atoms with Crippen LogP contribution in [0.1, 0.15) is 15.9 Å². The number of benzene rings is 3. The van der Waals surface area contributed by atoms with Gasteiger partial charge in [0.15, 0.2) is 9.84 Å². The maximum Gasteiger partial charge on any atom is 0.256 e. The number of carbonyl (C=O) groups is 1. The molecule has 4 nitrogen and oxygen atoms in total. The molecule has 0 saturated heterocycles. The van der Waals surface area contributed by atoms with Gasteiger partial charge in [-0.3, -0.25) is 4.79 Å². The van der Waals surface area contributed by atoms with Crippen molar-refractivity contribution in [1.29, 1.82) is 0 Å². The van der Waals surface area contributed by atoms with Gasteiger partial charge < -0.3 is 5.32 Å². The first-order valence-corrected chi connectivity index (χ1v) is 9.35. The van der Waals surface area contributed by atoms with Crippen molar-refractivity contribution in [3.05, 3.63) is 71.8 Å². The molecule has 0 aliphatic heterocycles. The van der Waals surface area contributed by atoms with Crippen LogP contribution < -0.4 is 5.32 Å². The first-order chi connectivity index (χ1) is 11.4. The molecular formula is C19H17NO3S. The van der Waals surface area contributed by atoms with Gasteiger partial charge in [0, 0.05) is 17.5 Å². The van der Waals surface area contributed by atoms with E-state index in [1.807, 2.05) is 36.4 Å². The molecule has 24 heavy (non-hydrogen) atoms. The van der Waals surface area contributed by atoms with E-state index in [9.17, 15) is 13.2 Å². The summed E-state index contributed by atoms with van der Waals surface area (Å²) in [6.45, 7) is 1.77. The Labute approximate surface area is 141 Å². The van der Waals surface area contributed by atoms with Gasteiger partial charge in [-0.2, -0.15) is 0 Å². The lowest BCUT2D eigenvalue weighted by molar-refractivity contribution is 0.102. The number of aryl methyl sites for hydroxylation is 1. The Bertz CT molecular complexity index is 1030. The second kappa shape index (κ2) is 6.09. The van der Waals surface area contributed by atoms with Gasteiger partial charge in [0.25, 0.3) is 5.91 Å². The average molecular weight is 339 g/mol. The van der Waals surface area contributed by atoms with Crippen LogP contribution in [0.4, 0.5) is 5.69 Å². The zero-order valence-corrected chi connectivity index (χ0v) is 14.2. The van der Waals surface area contributed by atoms with Crippen LogP contribution in [0.15, 0.2) is 65.6 Å². The van der Waals surface area contributed by atoms with E-state index in [2.05, 4.69) is 5.32 Å². The molecule has 0 fully saturated rings. The molecule has 3 rings (SSSR count). The summed E-state index contributed by atoms with van der Waals surface area (Å²) in [4.78, 5) is 12.9. The second-order valence-corrected chi connectivity index (χ2v) is 7.75. The monoisotopic (exact) mass is 339 g/mol. The number of amides is 1. The molecule has 0 atom stereocenters. The molecule has 1 amide bonds. The van der Waals surface area contributed by atoms with E-state index in [0.29, 0.717) is 16.8 Å². The first kappa shape index (κ1) is 16.2. The van der Waals surface area contributed by atoms with Gasteiger partial charge in [0.2, 0.25) is 0 Å². The Morgan fingerprint density at radius 1 is 0.958 bits per heavy atom. The summed E-state index contributed by atoms with van der Waals surface area (Å²) < 4.78 is 23.2. The molecule has 3 aromatic rings. The van der Waals surface area contributed by atoms with E-state index >= 15 is 0 Å². The van der Waals surface area contributed by atoms with Crippen molar-refractivity contribution in [3.8, 4) is 0 Å². The maximum atomic E-state index is 12.6. The van der Waals surface area contributed by atoms with Crippen molar-refractivity contribution in [2.24, 2.45) is 0 Å². The number of hydrogen-bond donors (Lipinski definition) is 1. The molecule has 0 bridgehead atoms. The normalized spacial score (nSPS) is 11.4. The Morgan fingerprint density at radius 2 is 1.67 bits per heavy atom. The van der Waals surface area contributed by atoms with E-state index in [4.69, 9.17) is 0 Å². The van der Waals surface area contributed by atoms with Crippen LogP contribution in [0, 0.1) is 6.92 Å². The SMILES string of the molecule is Cc1cc(S(C)(=O)=O)ccc1NC(=O)c1cccc2ccccc12. The molecule has 0 aliphatic carbocycles. The highest BCUT2D eigenvalue weighted by atomic mass is 32.2. The number of fused-ring (bicyclic) bond motifs is 1. The van der Waals surface area contributed by atoms with Crippen LogP contribution in [0.5, 0.6) is 0 Å². The number of nitrogens with one attached hydrogen (secondary N) is 1. The summed E-state index contributed by atoms with van der Waals surface area (Å²) >= 11 is 0. The third kappa shape index (κ3) is 3.16. The summed E-state index contributed by atoms with van der Waals surface area (Å²) in [6, 6.07) is 17.9. The van der Waals surface area contributed by atoms with E-state index in [1.54, 1.807) is 25.1 Å². The van der Waals surface area contributed by atoms with Crippen molar-refractivity contribution >= 4 is 32.2 Å². The lowest BCUT2D eigenvalue weighted by Crippen LogP contribution is -2.13. The van der Waals surface area contributed by atoms with Gasteiger partial charge in [-0.15, -0.1) is 0 Å². The van der Waals surface area contributed by atoms with Crippen LogP contribution in [0.3, 0.4) is 0 Å². The topological polar surface area (TPSA) is 63.2 Å². The van der Waals surface area contributed by atoms with Gasteiger partial charge >= 0.3 is 0 Å². The highest BCUT2D eigenvalue weighted by Crippen LogP contribution is 2.23. The first-order valence-electron chi connectivity index (χ1n) is 7.46. The van der Waals surface area contributed by atoms with Crippen LogP contribution in [-0.2, 0) is 9.84 Å². The highest BCUT2D eigenvalue weighted by molar-refractivity contribution is 7.90. The standard InChI is InChI=1S/C19H17NO3S/c1-13-12-15(24(2,22)23)10-11-18(13)20-19(21)17-9-5-7-14-6-3-4-8-16(14)17/h3-12H,1-2H3,(H,20,21). The number of sulfone groups is 1. The zero-order chi connectivity index (χ0) is 17.3. The lowest BCUT2D eigenvalue weighted by atomic mass is 10.0. The van der Waals surface area contributed by atoms with Gasteiger partial charge in [-0.05, 0) is 47.5 Å². The number of anilines is 1. The van der Waals surface area contributed by atoms with Crippen molar-refractivity contribution < 1.29 is 13.2 Å². The summed E-state index contributed by atoms with van der Waals surface area (Å²) in [5, 5.41) is 4.74. The molecular weight excluding hydrogens is 322 g/mol. The lowest BCUT2D eigenvalue weighted by Gasteiger charge is -2.11. The Morgan fingerprint density at radius 3 is 2.38 bits per heavy atom. The molecule has 0 unspecified atom stereocenters. The minimum atomic E-state index is -3.26. The number of rotatable bonds is 3. The largest absolute Gasteiger partial charge is 0.322 e. The number of hydrogen-bond acceptors (Lipinski definition) is 3. The molecule has 0 aromatic heterocycles. The summed E-state index contributed by atoms with van der Waals surface area (Å²) in [6.07, 6.45) is 1.16. The van der Waals surface area contributed by atoms with Crippen molar-refractivity contribution in [2.45, 2.75) is 11.8 Å². The molecule has 0 aliphatic rings. The molecule has 0 saturated carbocycles. The fraction of sp³-hybridized carbons (Fsp3) is 0.105. The third-order valence-corrected chi connectivity index (χ3v) is 5.02. The molecule has 0 spiro atoms. The summed E-state index contributed by atoms with van der Waals surface area (Å²) in [5.74, 6) is -0.220. The molecule has 122 valence electrons. The van der Waals surface area contributed by atoms with Crippen molar-refractivity contribution in [3.63, 3.8) is 0 Å². The Hall–Kier alpha value is -2.66. The van der Waals surface area contributed by atoms with Crippen LogP contribution in [0.25, 0.3) is 10.8 Å². The van der Waals surface area contributed by atoms with E-state index in [0.717, 1.165) is 17.0 Å². The van der Waals surface area contributed by atoms with Gasteiger partial charge in [-0.25, -0.2) is 8.42 Å². The van der Waals surface area contributed by atoms with Crippen molar-refractivity contribution in [2.75, 3.05) is 11.6 Å². The van der Waals surface area contributed by atoms with E-state index in [1.165, 1.54) is 6.07 Å². The smallest absolute Gasteiger partial charge is 0.256 e. The minimum absolute atomic E-state index is 0.220. The minimum Gasteiger partial charge on any atom is -0.322 e. The predicted molar refractivity (Wildman–Crippen MR) is 96.2 cm³/mol. The fourth-order valence-corrected chi connectivity index (χ4v) is 3.33. The van der Waals surface area contributed by atoms with Gasteiger partial charge in [0.1, 0.15) is 0 Å². The van der Waals surface area contributed by atoms with E-state index in [-0.39, 0.29) is 10.8 Å². The van der Waals surface area contributed by atoms with Crippen molar-refractivity contribution in [1.82, 2.24) is 0 Å².